The largest absolute Gasteiger partial charge is 0.371 e. The fraction of sp³-hybridized carbons (Fsp3) is 0.647. The summed E-state index contributed by atoms with van der Waals surface area (Å²) >= 11 is 0. The third-order valence-corrected chi connectivity index (χ3v) is 4.42. The number of nitrogens with zero attached hydrogens (tertiary/aromatic N) is 1. The van der Waals surface area contributed by atoms with Crippen LogP contribution < -0.4 is 10.2 Å². The van der Waals surface area contributed by atoms with Crippen molar-refractivity contribution in [2.75, 3.05) is 24.5 Å². The maximum atomic E-state index is 3.66. The van der Waals surface area contributed by atoms with Gasteiger partial charge in [0, 0.05) is 24.8 Å². The Labute approximate surface area is 118 Å². The molecule has 2 nitrogen and oxygen atoms in total. The fourth-order valence-corrected chi connectivity index (χ4v) is 3.39. The molecule has 1 aliphatic rings. The molecule has 0 spiro atoms. The SMILES string of the molecule is CCNC1CCCC1CN(CC)c1ccccc1C. The highest BCUT2D eigenvalue weighted by atomic mass is 15.1. The zero-order valence-electron chi connectivity index (χ0n) is 12.7. The molecule has 0 aliphatic heterocycles. The molecule has 106 valence electrons. The second kappa shape index (κ2) is 6.95. The molecule has 2 unspecified atom stereocenters. The summed E-state index contributed by atoms with van der Waals surface area (Å²) in [6, 6.07) is 9.48. The molecule has 19 heavy (non-hydrogen) atoms. The van der Waals surface area contributed by atoms with Crippen LogP contribution >= 0.6 is 0 Å². The maximum absolute atomic E-state index is 3.66. The normalized spacial score (nSPS) is 22.7. The lowest BCUT2D eigenvalue weighted by Gasteiger charge is -2.31. The number of rotatable bonds is 6. The van der Waals surface area contributed by atoms with Crippen molar-refractivity contribution in [3.63, 3.8) is 0 Å². The minimum absolute atomic E-state index is 0.725. The Morgan fingerprint density at radius 3 is 2.68 bits per heavy atom. The second-order valence-electron chi connectivity index (χ2n) is 5.68. The average molecular weight is 260 g/mol. The van der Waals surface area contributed by atoms with Crippen LogP contribution in [0.1, 0.15) is 38.7 Å². The molecule has 2 atom stereocenters. The molecule has 0 aromatic heterocycles. The van der Waals surface area contributed by atoms with Gasteiger partial charge in [-0.1, -0.05) is 31.5 Å². The van der Waals surface area contributed by atoms with Gasteiger partial charge in [-0.25, -0.2) is 0 Å². The first-order valence-electron chi connectivity index (χ1n) is 7.80. The van der Waals surface area contributed by atoms with E-state index in [2.05, 4.69) is 55.3 Å². The maximum Gasteiger partial charge on any atom is 0.0395 e. The molecule has 1 saturated carbocycles. The van der Waals surface area contributed by atoms with Gasteiger partial charge in [-0.05, 0) is 50.8 Å². The van der Waals surface area contributed by atoms with Crippen molar-refractivity contribution in [2.45, 2.75) is 46.1 Å². The molecule has 0 radical (unpaired) electrons. The average Bonchev–Trinajstić information content (AvgIpc) is 2.85. The summed E-state index contributed by atoms with van der Waals surface area (Å²) in [5, 5.41) is 3.66. The smallest absolute Gasteiger partial charge is 0.0395 e. The molecule has 0 heterocycles. The van der Waals surface area contributed by atoms with Crippen LogP contribution in [0.3, 0.4) is 0 Å². The van der Waals surface area contributed by atoms with Crippen LogP contribution in [0.4, 0.5) is 5.69 Å². The summed E-state index contributed by atoms with van der Waals surface area (Å²) in [5.74, 6) is 0.805. The predicted molar refractivity (Wildman–Crippen MR) is 83.9 cm³/mol. The van der Waals surface area contributed by atoms with Crippen LogP contribution in [0.2, 0.25) is 0 Å². The predicted octanol–water partition coefficient (Wildman–Crippen LogP) is 3.60. The molecular weight excluding hydrogens is 232 g/mol. The molecule has 1 aliphatic carbocycles. The first-order chi connectivity index (χ1) is 9.26. The van der Waals surface area contributed by atoms with Crippen molar-refractivity contribution in [2.24, 2.45) is 5.92 Å². The number of hydrogen-bond acceptors (Lipinski definition) is 2. The minimum atomic E-state index is 0.725. The van der Waals surface area contributed by atoms with Gasteiger partial charge < -0.3 is 10.2 Å². The van der Waals surface area contributed by atoms with Crippen molar-refractivity contribution >= 4 is 5.69 Å². The van der Waals surface area contributed by atoms with E-state index < -0.39 is 0 Å². The first kappa shape index (κ1) is 14.4. The van der Waals surface area contributed by atoms with Crippen LogP contribution in [-0.2, 0) is 0 Å². The number of aryl methyl sites for hydroxylation is 1. The number of anilines is 1. The van der Waals surface area contributed by atoms with Crippen molar-refractivity contribution in [1.29, 1.82) is 0 Å². The monoisotopic (exact) mass is 260 g/mol. The molecule has 1 N–H and O–H groups in total. The summed E-state index contributed by atoms with van der Waals surface area (Å²) in [6.07, 6.45) is 4.11. The lowest BCUT2D eigenvalue weighted by molar-refractivity contribution is 0.407. The Kier molecular flexibility index (Phi) is 5.26. The molecule has 0 bridgehead atoms. The van der Waals surface area contributed by atoms with Crippen LogP contribution in [0.5, 0.6) is 0 Å². The number of para-hydroxylation sites is 1. The zero-order chi connectivity index (χ0) is 13.7. The lowest BCUT2D eigenvalue weighted by Crippen LogP contribution is -2.39. The van der Waals surface area contributed by atoms with Crippen molar-refractivity contribution in [3.8, 4) is 0 Å². The van der Waals surface area contributed by atoms with E-state index in [-0.39, 0.29) is 0 Å². The van der Waals surface area contributed by atoms with Crippen LogP contribution in [-0.4, -0.2) is 25.7 Å². The Morgan fingerprint density at radius 1 is 1.21 bits per heavy atom. The van der Waals surface area contributed by atoms with E-state index in [0.29, 0.717) is 0 Å². The molecule has 2 rings (SSSR count). The molecule has 0 saturated heterocycles. The fourth-order valence-electron chi connectivity index (χ4n) is 3.39. The van der Waals surface area contributed by atoms with E-state index >= 15 is 0 Å². The highest BCUT2D eigenvalue weighted by Crippen LogP contribution is 2.29. The molecule has 1 aromatic carbocycles. The third kappa shape index (κ3) is 3.50. The van der Waals surface area contributed by atoms with Gasteiger partial charge in [-0.15, -0.1) is 0 Å². The van der Waals surface area contributed by atoms with E-state index in [4.69, 9.17) is 0 Å². The van der Waals surface area contributed by atoms with Gasteiger partial charge >= 0.3 is 0 Å². The van der Waals surface area contributed by atoms with Gasteiger partial charge in [-0.3, -0.25) is 0 Å². The number of benzene rings is 1. The Hall–Kier alpha value is -1.02. The Morgan fingerprint density at radius 2 is 2.00 bits per heavy atom. The third-order valence-electron chi connectivity index (χ3n) is 4.42. The molecule has 0 amide bonds. The quantitative estimate of drug-likeness (QED) is 0.840. The molecule has 2 heteroatoms. The van der Waals surface area contributed by atoms with Crippen LogP contribution in [0.15, 0.2) is 24.3 Å². The Bertz CT molecular complexity index is 389. The van der Waals surface area contributed by atoms with Crippen molar-refractivity contribution < 1.29 is 0 Å². The van der Waals surface area contributed by atoms with Gasteiger partial charge in [0.1, 0.15) is 0 Å². The zero-order valence-corrected chi connectivity index (χ0v) is 12.7. The standard InChI is InChI=1S/C17H28N2/c1-4-18-16-11-8-10-15(16)13-19(5-2)17-12-7-6-9-14(17)3/h6-7,9,12,15-16,18H,4-5,8,10-11,13H2,1-3H3. The van der Waals surface area contributed by atoms with Crippen LogP contribution in [0, 0.1) is 12.8 Å². The number of nitrogens with one attached hydrogen (secondary N) is 1. The van der Waals surface area contributed by atoms with Crippen molar-refractivity contribution in [1.82, 2.24) is 5.32 Å². The summed E-state index contributed by atoms with van der Waals surface area (Å²) in [4.78, 5) is 2.55. The number of hydrogen-bond donors (Lipinski definition) is 1. The lowest BCUT2D eigenvalue weighted by atomic mass is 10.0. The summed E-state index contributed by atoms with van der Waals surface area (Å²) < 4.78 is 0. The van der Waals surface area contributed by atoms with E-state index in [9.17, 15) is 0 Å². The van der Waals surface area contributed by atoms with E-state index in [1.807, 2.05) is 0 Å². The van der Waals surface area contributed by atoms with Gasteiger partial charge in [0.2, 0.25) is 0 Å². The van der Waals surface area contributed by atoms with Gasteiger partial charge in [-0.2, -0.15) is 0 Å². The van der Waals surface area contributed by atoms with Gasteiger partial charge in [0.05, 0.1) is 0 Å². The minimum Gasteiger partial charge on any atom is -0.371 e. The highest BCUT2D eigenvalue weighted by molar-refractivity contribution is 5.52. The van der Waals surface area contributed by atoms with E-state index in [1.165, 1.54) is 37.1 Å². The summed E-state index contributed by atoms with van der Waals surface area (Å²) in [6.45, 7) is 10.1. The molecule has 1 aromatic rings. The first-order valence-corrected chi connectivity index (χ1v) is 7.80. The van der Waals surface area contributed by atoms with Gasteiger partial charge in [0.25, 0.3) is 0 Å². The van der Waals surface area contributed by atoms with Crippen LogP contribution in [0.25, 0.3) is 0 Å². The summed E-state index contributed by atoms with van der Waals surface area (Å²) in [5.41, 5.74) is 2.80. The molecule has 1 fully saturated rings. The topological polar surface area (TPSA) is 15.3 Å². The highest BCUT2D eigenvalue weighted by Gasteiger charge is 2.28. The van der Waals surface area contributed by atoms with Crippen molar-refractivity contribution in [3.05, 3.63) is 29.8 Å². The van der Waals surface area contributed by atoms with E-state index in [1.54, 1.807) is 0 Å². The van der Waals surface area contributed by atoms with Gasteiger partial charge in [0.15, 0.2) is 0 Å². The summed E-state index contributed by atoms with van der Waals surface area (Å²) in [7, 11) is 0. The molecular formula is C17H28N2. The second-order valence-corrected chi connectivity index (χ2v) is 5.68. The Balaban J connectivity index is 2.05. The van der Waals surface area contributed by atoms with E-state index in [0.717, 1.165) is 25.0 Å².